The predicted molar refractivity (Wildman–Crippen MR) is 85.4 cm³/mol. The first kappa shape index (κ1) is 15.0. The van der Waals surface area contributed by atoms with Crippen LogP contribution in [-0.4, -0.2) is 37.0 Å². The van der Waals surface area contributed by atoms with Gasteiger partial charge in [-0.1, -0.05) is 15.9 Å². The van der Waals surface area contributed by atoms with Crippen molar-refractivity contribution in [3.8, 4) is 5.75 Å². The molecule has 0 amide bonds. The Hall–Kier alpha value is -0.390. The summed E-state index contributed by atoms with van der Waals surface area (Å²) in [6.07, 6.45) is 4.07. The average Bonchev–Trinajstić information content (AvgIpc) is 2.41. The lowest BCUT2D eigenvalue weighted by Gasteiger charge is -2.26. The Morgan fingerprint density at radius 2 is 2.05 bits per heavy atom. The van der Waals surface area contributed by atoms with E-state index in [0.29, 0.717) is 10.5 Å². The molecule has 1 aromatic rings. The largest absolute Gasteiger partial charge is 0.506 e. The SMILES string of the molecule is CC[NH+]1CCC(N=Cc2cc(Br)cc(Br)c2O)CC1. The van der Waals surface area contributed by atoms with E-state index in [1.165, 1.54) is 19.6 Å². The molecule has 19 heavy (non-hydrogen) atoms. The summed E-state index contributed by atoms with van der Waals surface area (Å²) in [5, 5.41) is 9.97. The van der Waals surface area contributed by atoms with Gasteiger partial charge in [-0.15, -0.1) is 0 Å². The van der Waals surface area contributed by atoms with Gasteiger partial charge in [0.05, 0.1) is 30.1 Å². The zero-order valence-corrected chi connectivity index (χ0v) is 14.2. The predicted octanol–water partition coefficient (Wildman–Crippen LogP) is 2.40. The number of aliphatic imine (C=N–C) groups is 1. The van der Waals surface area contributed by atoms with E-state index >= 15 is 0 Å². The third kappa shape index (κ3) is 4.04. The fourth-order valence-corrected chi connectivity index (χ4v) is 3.64. The number of benzene rings is 1. The molecule has 1 saturated heterocycles. The first-order chi connectivity index (χ1) is 9.10. The fraction of sp³-hybridized carbons (Fsp3) is 0.500. The molecule has 0 aliphatic carbocycles. The number of likely N-dealkylation sites (tertiary alicyclic amines) is 1. The topological polar surface area (TPSA) is 37.0 Å². The number of rotatable bonds is 3. The van der Waals surface area contributed by atoms with Crippen molar-refractivity contribution < 1.29 is 10.0 Å². The van der Waals surface area contributed by atoms with Gasteiger partial charge in [-0.25, -0.2) is 0 Å². The van der Waals surface area contributed by atoms with Gasteiger partial charge < -0.3 is 10.0 Å². The molecule has 1 aromatic carbocycles. The number of aromatic hydroxyl groups is 1. The number of quaternary nitrogens is 1. The number of phenols is 1. The lowest BCUT2D eigenvalue weighted by atomic mass is 10.1. The number of halogens is 2. The molecule has 2 rings (SSSR count). The summed E-state index contributed by atoms with van der Waals surface area (Å²) in [6.45, 7) is 5.84. The van der Waals surface area contributed by atoms with E-state index in [-0.39, 0.29) is 5.75 Å². The van der Waals surface area contributed by atoms with Gasteiger partial charge in [0.25, 0.3) is 0 Å². The van der Waals surface area contributed by atoms with E-state index in [0.717, 1.165) is 22.9 Å². The minimum absolute atomic E-state index is 0.253. The van der Waals surface area contributed by atoms with E-state index < -0.39 is 0 Å². The molecule has 0 atom stereocenters. The monoisotopic (exact) mass is 389 g/mol. The van der Waals surface area contributed by atoms with Gasteiger partial charge in [0, 0.05) is 29.1 Å². The van der Waals surface area contributed by atoms with Crippen LogP contribution in [0.2, 0.25) is 0 Å². The Morgan fingerprint density at radius 3 is 2.68 bits per heavy atom. The van der Waals surface area contributed by atoms with Gasteiger partial charge in [0.1, 0.15) is 5.75 Å². The Morgan fingerprint density at radius 1 is 1.37 bits per heavy atom. The van der Waals surface area contributed by atoms with Crippen molar-refractivity contribution in [1.82, 2.24) is 0 Å². The summed E-state index contributed by atoms with van der Waals surface area (Å²) < 4.78 is 1.62. The van der Waals surface area contributed by atoms with Crippen molar-refractivity contribution in [2.75, 3.05) is 19.6 Å². The van der Waals surface area contributed by atoms with Gasteiger partial charge >= 0.3 is 0 Å². The number of hydrogen-bond donors (Lipinski definition) is 2. The van der Waals surface area contributed by atoms with E-state index in [2.05, 4.69) is 43.8 Å². The summed E-state index contributed by atoms with van der Waals surface area (Å²) in [7, 11) is 0. The molecule has 0 spiro atoms. The van der Waals surface area contributed by atoms with Gasteiger partial charge in [0.2, 0.25) is 0 Å². The number of nitrogens with one attached hydrogen (secondary N) is 1. The molecular weight excluding hydrogens is 372 g/mol. The van der Waals surface area contributed by atoms with Crippen LogP contribution in [-0.2, 0) is 0 Å². The van der Waals surface area contributed by atoms with E-state index in [1.807, 2.05) is 12.1 Å². The Labute approximate surface area is 131 Å². The number of piperidine rings is 1. The summed E-state index contributed by atoms with van der Waals surface area (Å²) >= 11 is 6.76. The normalized spacial score (nSPS) is 23.9. The van der Waals surface area contributed by atoms with Crippen molar-refractivity contribution in [2.45, 2.75) is 25.8 Å². The number of nitrogens with zero attached hydrogens (tertiary/aromatic N) is 1. The van der Waals surface area contributed by atoms with Crippen molar-refractivity contribution in [3.05, 3.63) is 26.6 Å². The maximum absolute atomic E-state index is 9.97. The minimum atomic E-state index is 0.253. The zero-order chi connectivity index (χ0) is 13.8. The lowest BCUT2D eigenvalue weighted by Crippen LogP contribution is -3.12. The minimum Gasteiger partial charge on any atom is -0.506 e. The molecule has 0 radical (unpaired) electrons. The second-order valence-electron chi connectivity index (χ2n) is 4.94. The van der Waals surface area contributed by atoms with E-state index in [1.54, 1.807) is 11.1 Å². The quantitative estimate of drug-likeness (QED) is 0.764. The summed E-state index contributed by atoms with van der Waals surface area (Å²) in [4.78, 5) is 6.29. The van der Waals surface area contributed by atoms with Gasteiger partial charge in [-0.2, -0.15) is 0 Å². The average molecular weight is 391 g/mol. The van der Waals surface area contributed by atoms with Crippen LogP contribution < -0.4 is 4.90 Å². The molecule has 0 bridgehead atoms. The van der Waals surface area contributed by atoms with Crippen LogP contribution in [0.4, 0.5) is 0 Å². The maximum atomic E-state index is 9.97. The van der Waals surface area contributed by atoms with Crippen molar-refractivity contribution in [3.63, 3.8) is 0 Å². The van der Waals surface area contributed by atoms with Crippen LogP contribution in [0.1, 0.15) is 25.3 Å². The van der Waals surface area contributed by atoms with Gasteiger partial charge in [0.15, 0.2) is 0 Å². The van der Waals surface area contributed by atoms with Crippen LogP contribution in [0.3, 0.4) is 0 Å². The highest BCUT2D eigenvalue weighted by Crippen LogP contribution is 2.30. The summed E-state index contributed by atoms with van der Waals surface area (Å²) in [5.74, 6) is 0.253. The number of phenolic OH excluding ortho intramolecular Hbond substituents is 1. The van der Waals surface area contributed by atoms with Crippen LogP contribution in [0.15, 0.2) is 26.1 Å². The molecule has 2 N–H and O–H groups in total. The summed E-state index contributed by atoms with van der Waals surface area (Å²) in [5.41, 5.74) is 0.756. The Balaban J connectivity index is 2.03. The second kappa shape index (κ2) is 6.86. The molecule has 1 fully saturated rings. The Kier molecular flexibility index (Phi) is 5.42. The molecule has 1 aliphatic heterocycles. The van der Waals surface area contributed by atoms with Crippen LogP contribution in [0, 0.1) is 0 Å². The molecule has 1 aliphatic rings. The van der Waals surface area contributed by atoms with Crippen LogP contribution in [0.25, 0.3) is 0 Å². The highest BCUT2D eigenvalue weighted by molar-refractivity contribution is 9.11. The molecular formula is C14H19Br2N2O+. The first-order valence-electron chi connectivity index (χ1n) is 6.65. The van der Waals surface area contributed by atoms with Crippen molar-refractivity contribution in [1.29, 1.82) is 0 Å². The summed E-state index contributed by atoms with van der Waals surface area (Å²) in [6, 6.07) is 4.11. The molecule has 0 aromatic heterocycles. The lowest BCUT2D eigenvalue weighted by molar-refractivity contribution is -0.903. The van der Waals surface area contributed by atoms with Crippen molar-refractivity contribution in [2.24, 2.45) is 4.99 Å². The van der Waals surface area contributed by atoms with E-state index in [9.17, 15) is 5.11 Å². The first-order valence-corrected chi connectivity index (χ1v) is 8.23. The number of hydrogen-bond acceptors (Lipinski definition) is 2. The third-order valence-electron chi connectivity index (χ3n) is 3.64. The van der Waals surface area contributed by atoms with E-state index in [4.69, 9.17) is 0 Å². The molecule has 3 nitrogen and oxygen atoms in total. The molecule has 1 heterocycles. The zero-order valence-electron chi connectivity index (χ0n) is 11.0. The van der Waals surface area contributed by atoms with Crippen LogP contribution >= 0.6 is 31.9 Å². The molecule has 5 heteroatoms. The van der Waals surface area contributed by atoms with Gasteiger partial charge in [-0.3, -0.25) is 4.99 Å². The maximum Gasteiger partial charge on any atom is 0.138 e. The smallest absolute Gasteiger partial charge is 0.138 e. The highest BCUT2D eigenvalue weighted by Gasteiger charge is 2.19. The molecule has 104 valence electrons. The third-order valence-corrected chi connectivity index (χ3v) is 4.71. The van der Waals surface area contributed by atoms with Crippen molar-refractivity contribution >= 4 is 38.1 Å². The molecule has 0 unspecified atom stereocenters. The van der Waals surface area contributed by atoms with Gasteiger partial charge in [-0.05, 0) is 35.0 Å². The standard InChI is InChI=1S/C14H18Br2N2O/c1-2-18-5-3-12(4-6-18)17-9-10-7-11(15)8-13(16)14(10)19/h7-9,12,19H,2-6H2,1H3/p+1. The van der Waals surface area contributed by atoms with Crippen LogP contribution in [0.5, 0.6) is 5.75 Å². The highest BCUT2D eigenvalue weighted by atomic mass is 79.9. The Bertz CT molecular complexity index is 469. The second-order valence-corrected chi connectivity index (χ2v) is 6.71. The fourth-order valence-electron chi connectivity index (χ4n) is 2.38. The molecule has 0 saturated carbocycles.